The van der Waals surface area contributed by atoms with Gasteiger partial charge in [0.25, 0.3) is 0 Å². The Morgan fingerprint density at radius 2 is 1.92 bits per heavy atom. The summed E-state index contributed by atoms with van der Waals surface area (Å²) in [5, 5.41) is 8.21. The molecule has 10 atom stereocenters. The predicted octanol–water partition coefficient (Wildman–Crippen LogP) is 5.87. The van der Waals surface area contributed by atoms with Crippen LogP contribution in [0, 0.1) is 70.0 Å². The molecule has 0 aromatic rings. The second kappa shape index (κ2) is 4.76. The number of rotatable bonds is 3. The standard InChI is InChI=1S/C25H33N/c1-2-3-21-23-19-12-20(19)24-22-17(8-9-25(21,23)24)16-7-6-15(26)10-14(16)11-18(22)13-4-5-13/h2,10,13,16-24,26H,1,3-9,11-12H2. The van der Waals surface area contributed by atoms with Crippen LogP contribution in [0.15, 0.2) is 24.3 Å². The summed E-state index contributed by atoms with van der Waals surface area (Å²) in [6, 6.07) is 0. The van der Waals surface area contributed by atoms with Gasteiger partial charge in [0.15, 0.2) is 0 Å². The van der Waals surface area contributed by atoms with Crippen molar-refractivity contribution in [3.8, 4) is 0 Å². The number of nitrogens with one attached hydrogen (secondary N) is 1. The van der Waals surface area contributed by atoms with E-state index in [9.17, 15) is 0 Å². The molecule has 1 heteroatoms. The Morgan fingerprint density at radius 3 is 2.73 bits per heavy atom. The fraction of sp³-hybridized carbons (Fsp3) is 0.800. The van der Waals surface area contributed by atoms with E-state index >= 15 is 0 Å². The maximum Gasteiger partial charge on any atom is 0.0313 e. The highest BCUT2D eigenvalue weighted by atomic mass is 14.9. The lowest BCUT2D eigenvalue weighted by Crippen LogP contribution is -2.49. The smallest absolute Gasteiger partial charge is 0.0313 e. The van der Waals surface area contributed by atoms with Gasteiger partial charge in [0.2, 0.25) is 0 Å². The average Bonchev–Trinajstić information content (AvgIpc) is 3.53. The molecule has 7 aliphatic carbocycles. The highest BCUT2D eigenvalue weighted by Gasteiger charge is 2.83. The van der Waals surface area contributed by atoms with Crippen LogP contribution in [0.1, 0.15) is 57.8 Å². The van der Waals surface area contributed by atoms with E-state index in [1.54, 1.807) is 18.4 Å². The lowest BCUT2D eigenvalue weighted by molar-refractivity contribution is -0.0326. The summed E-state index contributed by atoms with van der Waals surface area (Å²) in [5.74, 6) is 10.4. The Hall–Kier alpha value is -0.850. The zero-order valence-electron chi connectivity index (χ0n) is 16.0. The van der Waals surface area contributed by atoms with Gasteiger partial charge >= 0.3 is 0 Å². The molecule has 7 aliphatic rings. The summed E-state index contributed by atoms with van der Waals surface area (Å²) in [7, 11) is 0. The van der Waals surface area contributed by atoms with E-state index in [4.69, 9.17) is 5.41 Å². The number of hydrogen-bond donors (Lipinski definition) is 1. The first kappa shape index (κ1) is 15.1. The second-order valence-electron chi connectivity index (χ2n) is 11.2. The van der Waals surface area contributed by atoms with Gasteiger partial charge < -0.3 is 5.41 Å². The third kappa shape index (κ3) is 1.68. The summed E-state index contributed by atoms with van der Waals surface area (Å²) in [6.07, 6.45) is 17.3. The van der Waals surface area contributed by atoms with Crippen molar-refractivity contribution in [3.05, 3.63) is 24.3 Å². The fourth-order valence-electron chi connectivity index (χ4n) is 9.85. The molecule has 0 saturated heterocycles. The monoisotopic (exact) mass is 347 g/mol. The summed E-state index contributed by atoms with van der Waals surface area (Å²) in [4.78, 5) is 0. The molecule has 0 aliphatic heterocycles. The normalized spacial score (nSPS) is 58.5. The number of fused-ring (bicyclic) bond motifs is 7. The van der Waals surface area contributed by atoms with E-state index in [0.717, 1.165) is 76.7 Å². The van der Waals surface area contributed by atoms with E-state index in [-0.39, 0.29) is 0 Å². The SMILES string of the molecule is C=CCC1C2C3CC3C3C4C(C5CC5)CC5=CC(=N)CCC5C4CCC132. The predicted molar refractivity (Wildman–Crippen MR) is 105 cm³/mol. The first-order valence-electron chi connectivity index (χ1n) is 11.6. The highest BCUT2D eigenvalue weighted by molar-refractivity contribution is 5.93. The maximum absolute atomic E-state index is 8.21. The summed E-state index contributed by atoms with van der Waals surface area (Å²) >= 11 is 0. The summed E-state index contributed by atoms with van der Waals surface area (Å²) in [5.41, 5.74) is 3.42. The Morgan fingerprint density at radius 1 is 1.08 bits per heavy atom. The molecule has 7 rings (SSSR count). The lowest BCUT2D eigenvalue weighted by atomic mass is 9.49. The largest absolute Gasteiger partial charge is 0.305 e. The van der Waals surface area contributed by atoms with Gasteiger partial charge in [0.1, 0.15) is 0 Å². The molecule has 10 unspecified atom stereocenters. The van der Waals surface area contributed by atoms with Crippen LogP contribution in [-0.2, 0) is 0 Å². The number of hydrogen-bond acceptors (Lipinski definition) is 1. The van der Waals surface area contributed by atoms with Crippen molar-refractivity contribution in [2.45, 2.75) is 57.8 Å². The quantitative estimate of drug-likeness (QED) is 0.617. The minimum atomic E-state index is 0.776. The van der Waals surface area contributed by atoms with E-state index in [0.29, 0.717) is 0 Å². The second-order valence-corrected chi connectivity index (χ2v) is 11.2. The molecular weight excluding hydrogens is 314 g/mol. The van der Waals surface area contributed by atoms with Crippen LogP contribution in [0.5, 0.6) is 0 Å². The Bertz CT molecular complexity index is 728. The van der Waals surface area contributed by atoms with Crippen LogP contribution in [0.3, 0.4) is 0 Å². The molecule has 1 spiro atoms. The minimum absolute atomic E-state index is 0.776. The molecule has 0 bridgehead atoms. The lowest BCUT2D eigenvalue weighted by Gasteiger charge is -2.55. The molecule has 0 aromatic heterocycles. The van der Waals surface area contributed by atoms with E-state index in [2.05, 4.69) is 18.7 Å². The van der Waals surface area contributed by atoms with Crippen molar-refractivity contribution in [3.63, 3.8) is 0 Å². The van der Waals surface area contributed by atoms with Crippen molar-refractivity contribution >= 4 is 5.71 Å². The van der Waals surface area contributed by atoms with Gasteiger partial charge in [-0.25, -0.2) is 0 Å². The molecule has 0 aromatic carbocycles. The molecule has 0 amide bonds. The minimum Gasteiger partial charge on any atom is -0.305 e. The number of allylic oxidation sites excluding steroid dienone is 3. The fourth-order valence-corrected chi connectivity index (χ4v) is 9.85. The van der Waals surface area contributed by atoms with Crippen molar-refractivity contribution < 1.29 is 0 Å². The third-order valence-electron chi connectivity index (χ3n) is 10.6. The van der Waals surface area contributed by atoms with Crippen molar-refractivity contribution in [1.29, 1.82) is 5.41 Å². The van der Waals surface area contributed by atoms with Gasteiger partial charge in [-0.05, 0) is 128 Å². The Labute approximate surface area is 158 Å². The van der Waals surface area contributed by atoms with Gasteiger partial charge in [0.05, 0.1) is 0 Å². The third-order valence-corrected chi connectivity index (χ3v) is 10.6. The van der Waals surface area contributed by atoms with Crippen LogP contribution in [0.25, 0.3) is 0 Å². The van der Waals surface area contributed by atoms with Crippen LogP contribution < -0.4 is 0 Å². The summed E-state index contributed by atoms with van der Waals surface area (Å²) in [6.45, 7) is 4.11. The van der Waals surface area contributed by atoms with Crippen molar-refractivity contribution in [1.82, 2.24) is 0 Å². The van der Waals surface area contributed by atoms with Gasteiger partial charge in [-0.3, -0.25) is 0 Å². The molecule has 6 fully saturated rings. The molecule has 1 N–H and O–H groups in total. The molecule has 1 nitrogen and oxygen atoms in total. The van der Waals surface area contributed by atoms with Crippen molar-refractivity contribution in [2.75, 3.05) is 0 Å². The van der Waals surface area contributed by atoms with E-state index in [1.807, 2.05) is 0 Å². The van der Waals surface area contributed by atoms with Crippen LogP contribution >= 0.6 is 0 Å². The van der Waals surface area contributed by atoms with E-state index < -0.39 is 0 Å². The highest BCUT2D eigenvalue weighted by Crippen LogP contribution is 2.88. The molecule has 26 heavy (non-hydrogen) atoms. The molecular formula is C25H33N. The molecule has 0 heterocycles. The van der Waals surface area contributed by atoms with Crippen LogP contribution in [0.2, 0.25) is 0 Å². The Balaban J connectivity index is 1.30. The summed E-state index contributed by atoms with van der Waals surface area (Å²) < 4.78 is 0. The molecule has 138 valence electrons. The van der Waals surface area contributed by atoms with Crippen LogP contribution in [-0.4, -0.2) is 5.71 Å². The van der Waals surface area contributed by atoms with Crippen LogP contribution in [0.4, 0.5) is 0 Å². The Kier molecular flexibility index (Phi) is 2.77. The first-order chi connectivity index (χ1) is 12.7. The average molecular weight is 348 g/mol. The topological polar surface area (TPSA) is 23.9 Å². The van der Waals surface area contributed by atoms with Gasteiger partial charge in [-0.1, -0.05) is 11.6 Å². The molecule has 0 radical (unpaired) electrons. The maximum atomic E-state index is 8.21. The molecule has 6 saturated carbocycles. The zero-order valence-corrected chi connectivity index (χ0v) is 16.0. The van der Waals surface area contributed by atoms with E-state index in [1.165, 1.54) is 38.5 Å². The first-order valence-corrected chi connectivity index (χ1v) is 11.6. The van der Waals surface area contributed by atoms with Gasteiger partial charge in [0, 0.05) is 5.71 Å². The van der Waals surface area contributed by atoms with Crippen molar-refractivity contribution in [2.24, 2.45) is 64.6 Å². The van der Waals surface area contributed by atoms with Gasteiger partial charge in [-0.2, -0.15) is 0 Å². The van der Waals surface area contributed by atoms with Gasteiger partial charge in [-0.15, -0.1) is 6.58 Å². The zero-order chi connectivity index (χ0) is 17.2.